The molecule has 3 amide bonds. The molecule has 2 aliphatic carbocycles. The van der Waals surface area contributed by atoms with Crippen molar-refractivity contribution < 1.29 is 9.59 Å². The second-order valence-corrected chi connectivity index (χ2v) is 9.31. The van der Waals surface area contributed by atoms with Gasteiger partial charge >= 0.3 is 6.03 Å². The first kappa shape index (κ1) is 19.6. The number of rotatable bonds is 3. The van der Waals surface area contributed by atoms with Gasteiger partial charge in [0.25, 0.3) is 0 Å². The number of anilines is 1. The standard InChI is InChI=1S/C24H25N5O2/c1-23-18-10-15(21(26)30)6-7-16(18)11-24(23)13-28(2)20(24)19(23)29(3)22(31)27-17-8-4-14(12-25)5-9-17/h4-10,19-20H,11,13H2,1-3H3,(H2,26,30)(H,27,31)/t19-,20-,23+,24-/m0/s1. The number of nitriles is 1. The number of likely N-dealkylation sites (tertiary alicyclic amines) is 1. The van der Waals surface area contributed by atoms with Crippen LogP contribution in [0.5, 0.6) is 0 Å². The molecule has 1 saturated heterocycles. The summed E-state index contributed by atoms with van der Waals surface area (Å²) in [6.07, 6.45) is 0.953. The fraction of sp³-hybridized carbons (Fsp3) is 0.375. The molecule has 0 aromatic heterocycles. The molecular weight excluding hydrogens is 390 g/mol. The number of nitrogens with one attached hydrogen (secondary N) is 1. The number of carbonyl (C=O) groups excluding carboxylic acids is 2. The lowest BCUT2D eigenvalue weighted by molar-refractivity contribution is -0.234. The van der Waals surface area contributed by atoms with E-state index in [-0.39, 0.29) is 28.9 Å². The van der Waals surface area contributed by atoms with E-state index in [4.69, 9.17) is 11.0 Å². The monoisotopic (exact) mass is 415 g/mol. The molecule has 2 aromatic rings. The minimum atomic E-state index is -0.433. The number of nitrogens with zero attached hydrogens (tertiary/aromatic N) is 3. The van der Waals surface area contributed by atoms with E-state index in [1.165, 1.54) is 5.56 Å². The predicted molar refractivity (Wildman–Crippen MR) is 117 cm³/mol. The van der Waals surface area contributed by atoms with Crippen molar-refractivity contribution in [1.29, 1.82) is 5.26 Å². The number of hydrogen-bond donors (Lipinski definition) is 2. The topological polar surface area (TPSA) is 102 Å². The van der Waals surface area contributed by atoms with Crippen molar-refractivity contribution in [1.82, 2.24) is 9.80 Å². The molecule has 158 valence electrons. The molecule has 7 heteroatoms. The minimum Gasteiger partial charge on any atom is -0.366 e. The van der Waals surface area contributed by atoms with Crippen LogP contribution in [0.1, 0.15) is 34.0 Å². The molecule has 2 aromatic carbocycles. The van der Waals surface area contributed by atoms with Crippen molar-refractivity contribution in [2.45, 2.75) is 30.8 Å². The quantitative estimate of drug-likeness (QED) is 0.803. The average Bonchev–Trinajstić information content (AvgIpc) is 2.98. The van der Waals surface area contributed by atoms with Crippen LogP contribution in [0.15, 0.2) is 42.5 Å². The van der Waals surface area contributed by atoms with Crippen molar-refractivity contribution in [2.75, 3.05) is 26.0 Å². The molecule has 3 aliphatic rings. The number of piperidine rings is 1. The highest BCUT2D eigenvalue weighted by molar-refractivity contribution is 5.93. The van der Waals surface area contributed by atoms with E-state index in [0.717, 1.165) is 18.5 Å². The molecule has 7 nitrogen and oxygen atoms in total. The Bertz CT molecular complexity index is 1150. The molecule has 1 saturated carbocycles. The van der Waals surface area contributed by atoms with Gasteiger partial charge in [-0.15, -0.1) is 0 Å². The Kier molecular flexibility index (Phi) is 3.99. The fourth-order valence-electron chi connectivity index (χ4n) is 6.52. The van der Waals surface area contributed by atoms with Gasteiger partial charge in [0.05, 0.1) is 17.7 Å². The third-order valence-electron chi connectivity index (χ3n) is 7.96. The Hall–Kier alpha value is -3.37. The Labute approximate surface area is 181 Å². The normalized spacial score (nSPS) is 30.0. The average molecular weight is 415 g/mol. The maximum atomic E-state index is 13.2. The molecule has 3 N–H and O–H groups in total. The minimum absolute atomic E-state index is 0.0333. The Morgan fingerprint density at radius 1 is 1.26 bits per heavy atom. The third-order valence-corrected chi connectivity index (χ3v) is 7.96. The largest absolute Gasteiger partial charge is 0.366 e. The van der Waals surface area contributed by atoms with Gasteiger partial charge in [-0.3, -0.25) is 4.79 Å². The molecule has 0 bridgehead atoms. The van der Waals surface area contributed by atoms with Crippen LogP contribution in [0.3, 0.4) is 0 Å². The predicted octanol–water partition coefficient (Wildman–Crippen LogP) is 2.32. The van der Waals surface area contributed by atoms with Crippen molar-refractivity contribution >= 4 is 17.6 Å². The summed E-state index contributed by atoms with van der Waals surface area (Å²) in [5.74, 6) is -0.433. The van der Waals surface area contributed by atoms with E-state index >= 15 is 0 Å². The Morgan fingerprint density at radius 3 is 2.58 bits per heavy atom. The zero-order valence-electron chi connectivity index (χ0n) is 17.8. The summed E-state index contributed by atoms with van der Waals surface area (Å²) in [7, 11) is 3.94. The first-order chi connectivity index (χ1) is 14.7. The second kappa shape index (κ2) is 6.32. The fourth-order valence-corrected chi connectivity index (χ4v) is 6.52. The lowest BCUT2D eigenvalue weighted by atomic mass is 9.39. The molecule has 0 radical (unpaired) electrons. The summed E-state index contributed by atoms with van der Waals surface area (Å²) in [6, 6.07) is 14.7. The molecule has 4 atom stereocenters. The van der Waals surface area contributed by atoms with Crippen LogP contribution in [-0.2, 0) is 11.8 Å². The van der Waals surface area contributed by atoms with Crippen LogP contribution in [-0.4, -0.2) is 54.5 Å². The van der Waals surface area contributed by atoms with E-state index in [1.807, 2.05) is 19.2 Å². The highest BCUT2D eigenvalue weighted by atomic mass is 16.2. The SMILES string of the molecule is CN1C[C@]23Cc4ccc(C(N)=O)cc4[C@]2(C)[C@@H](N(C)C(=O)Nc2ccc(C#N)cc2)[C@H]13. The van der Waals surface area contributed by atoms with Crippen molar-refractivity contribution in [3.05, 3.63) is 64.7 Å². The van der Waals surface area contributed by atoms with Crippen molar-refractivity contribution in [3.63, 3.8) is 0 Å². The van der Waals surface area contributed by atoms with Gasteiger partial charge in [0.2, 0.25) is 5.91 Å². The molecule has 1 aliphatic heterocycles. The van der Waals surface area contributed by atoms with Crippen LogP contribution in [0.25, 0.3) is 0 Å². The summed E-state index contributed by atoms with van der Waals surface area (Å²) in [6.45, 7) is 3.19. The summed E-state index contributed by atoms with van der Waals surface area (Å²) >= 11 is 0. The smallest absolute Gasteiger partial charge is 0.321 e. The van der Waals surface area contributed by atoms with Gasteiger partial charge in [-0.05, 0) is 61.0 Å². The van der Waals surface area contributed by atoms with Gasteiger partial charge in [0.1, 0.15) is 0 Å². The number of carbonyl (C=O) groups is 2. The number of urea groups is 1. The highest BCUT2D eigenvalue weighted by Crippen LogP contribution is 2.71. The number of benzene rings is 2. The highest BCUT2D eigenvalue weighted by Gasteiger charge is 2.80. The maximum Gasteiger partial charge on any atom is 0.321 e. The molecule has 31 heavy (non-hydrogen) atoms. The molecule has 1 spiro atoms. The first-order valence-corrected chi connectivity index (χ1v) is 10.4. The number of fused-ring (bicyclic) bond motifs is 2. The number of nitrogens with two attached hydrogens (primary N) is 1. The van der Waals surface area contributed by atoms with Gasteiger partial charge in [0, 0.05) is 41.7 Å². The molecule has 5 rings (SSSR count). The summed E-state index contributed by atoms with van der Waals surface area (Å²) in [5, 5.41) is 11.9. The van der Waals surface area contributed by atoms with Crippen LogP contribution >= 0.6 is 0 Å². The molecule has 0 unspecified atom stereocenters. The Balaban J connectivity index is 1.47. The number of amides is 3. The lowest BCUT2D eigenvalue weighted by Gasteiger charge is -2.77. The lowest BCUT2D eigenvalue weighted by Crippen LogP contribution is -2.89. The van der Waals surface area contributed by atoms with E-state index in [9.17, 15) is 9.59 Å². The van der Waals surface area contributed by atoms with Gasteiger partial charge in [-0.2, -0.15) is 5.26 Å². The zero-order valence-corrected chi connectivity index (χ0v) is 17.8. The summed E-state index contributed by atoms with van der Waals surface area (Å²) in [4.78, 5) is 29.1. The van der Waals surface area contributed by atoms with Crippen molar-refractivity contribution in [2.24, 2.45) is 11.1 Å². The number of likely N-dealkylation sites (N-methyl/N-ethyl adjacent to an activating group) is 2. The summed E-state index contributed by atoms with van der Waals surface area (Å²) < 4.78 is 0. The van der Waals surface area contributed by atoms with Crippen LogP contribution in [0.4, 0.5) is 10.5 Å². The van der Waals surface area contributed by atoms with Crippen LogP contribution in [0.2, 0.25) is 0 Å². The van der Waals surface area contributed by atoms with E-state index in [0.29, 0.717) is 16.8 Å². The molecule has 1 heterocycles. The van der Waals surface area contributed by atoms with Crippen molar-refractivity contribution in [3.8, 4) is 6.07 Å². The number of primary amides is 1. The molecular formula is C24H25N5O2. The maximum absolute atomic E-state index is 13.2. The molecule has 2 fully saturated rings. The van der Waals surface area contributed by atoms with Gasteiger partial charge in [-0.1, -0.05) is 13.0 Å². The second-order valence-electron chi connectivity index (χ2n) is 9.31. The van der Waals surface area contributed by atoms with Crippen LogP contribution in [0, 0.1) is 16.7 Å². The summed E-state index contributed by atoms with van der Waals surface area (Å²) in [5.41, 5.74) is 9.47. The zero-order chi connectivity index (χ0) is 22.1. The number of hydrogen-bond acceptors (Lipinski definition) is 4. The van der Waals surface area contributed by atoms with E-state index in [2.05, 4.69) is 30.3 Å². The van der Waals surface area contributed by atoms with Gasteiger partial charge < -0.3 is 20.9 Å². The van der Waals surface area contributed by atoms with E-state index < -0.39 is 5.91 Å². The Morgan fingerprint density at radius 2 is 1.97 bits per heavy atom. The first-order valence-electron chi connectivity index (χ1n) is 10.4. The van der Waals surface area contributed by atoms with Crippen LogP contribution < -0.4 is 11.1 Å². The van der Waals surface area contributed by atoms with Gasteiger partial charge in [-0.25, -0.2) is 4.79 Å². The van der Waals surface area contributed by atoms with E-state index in [1.54, 1.807) is 35.2 Å². The van der Waals surface area contributed by atoms with Gasteiger partial charge in [0.15, 0.2) is 0 Å². The third kappa shape index (κ3) is 2.37.